The third kappa shape index (κ3) is 1560. The van der Waals surface area contributed by atoms with Crippen molar-refractivity contribution in [1.29, 1.82) is 0 Å². The number of hydrogen-bond donors (Lipinski definition) is 3. The average molecular weight is 294 g/mol. The molecular formula is H3CaNaO9Si3. The molecule has 14 heteroatoms. The Kier molecular flexibility index (Phi) is 49.9. The van der Waals surface area contributed by atoms with Crippen molar-refractivity contribution in [1.82, 2.24) is 0 Å². The third-order valence-corrected chi connectivity index (χ3v) is 0. The fourth-order valence-electron chi connectivity index (χ4n) is 0. The van der Waals surface area contributed by atoms with Gasteiger partial charge in [0.15, 0.2) is 0 Å². The van der Waals surface area contributed by atoms with Crippen LogP contribution in [0.5, 0.6) is 0 Å². The third-order valence-electron chi connectivity index (χ3n) is 0. The van der Waals surface area contributed by atoms with Crippen molar-refractivity contribution in [2.24, 2.45) is 0 Å². The van der Waals surface area contributed by atoms with Crippen LogP contribution in [0.25, 0.3) is 0 Å². The molecule has 0 amide bonds. The van der Waals surface area contributed by atoms with Crippen LogP contribution in [-0.4, -0.2) is 79.6 Å². The van der Waals surface area contributed by atoms with Crippen molar-refractivity contribution in [3.63, 3.8) is 0 Å². The first-order valence-electron chi connectivity index (χ1n) is 1.90. The molecule has 0 bridgehead atoms. The predicted octanol–water partition coefficient (Wildman–Crippen LogP) is -10.1. The summed E-state index contributed by atoms with van der Waals surface area (Å²) in [5, 5.41) is 0. The summed E-state index contributed by atoms with van der Waals surface area (Å²) in [4.78, 5) is 47.0. The van der Waals surface area contributed by atoms with E-state index in [-0.39, 0.29) is 67.3 Å². The molecule has 0 aliphatic heterocycles. The van der Waals surface area contributed by atoms with E-state index in [1.165, 1.54) is 0 Å². The van der Waals surface area contributed by atoms with Crippen LogP contribution in [0.15, 0.2) is 0 Å². The summed E-state index contributed by atoms with van der Waals surface area (Å²) in [6.45, 7) is 0. The fourth-order valence-corrected chi connectivity index (χ4v) is 0. The summed E-state index contributed by atoms with van der Waals surface area (Å²) in [5.41, 5.74) is 0. The second-order valence-corrected chi connectivity index (χ2v) is 2.39. The molecule has 0 unspecified atom stereocenters. The second-order valence-electron chi connectivity index (χ2n) is 0.798. The maximum Gasteiger partial charge on any atom is 2.00 e. The molecule has 0 fully saturated rings. The van der Waals surface area contributed by atoms with Crippen LogP contribution in [-0.2, 0) is 13.4 Å². The van der Waals surface area contributed by atoms with Crippen molar-refractivity contribution in [2.75, 3.05) is 0 Å². The van der Waals surface area contributed by atoms with Crippen molar-refractivity contribution < 1.29 is 71.7 Å². The average Bonchev–Trinajstić information content (AvgIpc) is 1.54. The van der Waals surface area contributed by atoms with Gasteiger partial charge in [0.25, 0.3) is 0 Å². The van der Waals surface area contributed by atoms with Crippen LogP contribution in [0.2, 0.25) is 0 Å². The topological polar surface area (TPSA) is 181 Å². The minimum atomic E-state index is -3.38. The summed E-state index contributed by atoms with van der Waals surface area (Å²) < 4.78 is 25.9. The smallest absolute Gasteiger partial charge is 0.604 e. The monoisotopic (exact) mass is 294 g/mol. The maximum atomic E-state index is 8.63. The van der Waals surface area contributed by atoms with Crippen LogP contribution in [0.3, 0.4) is 0 Å². The molecule has 0 aromatic heterocycles. The zero-order valence-electron chi connectivity index (χ0n) is 7.00. The molecule has 0 saturated carbocycles. The van der Waals surface area contributed by atoms with Gasteiger partial charge in [0.05, 0.1) is 0 Å². The molecule has 9 nitrogen and oxygen atoms in total. The van der Waals surface area contributed by atoms with E-state index in [1.54, 1.807) is 0 Å². The first-order chi connectivity index (χ1) is 5.20. The summed E-state index contributed by atoms with van der Waals surface area (Å²) in [7, 11) is -10.1. The molecule has 0 rings (SSSR count). The summed E-state index contributed by atoms with van der Waals surface area (Å²) >= 11 is 0. The fraction of sp³-hybridized carbons (Fsp3) is 0. The van der Waals surface area contributed by atoms with Gasteiger partial charge < -0.3 is 42.2 Å². The van der Waals surface area contributed by atoms with Crippen LogP contribution in [0, 0.1) is 0 Å². The zero-order valence-corrected chi connectivity index (χ0v) is 14.2. The van der Waals surface area contributed by atoms with Gasteiger partial charge in [0, 0.05) is 0 Å². The normalized spacial score (nSPS) is 5.14. The Bertz CT molecular complexity index is 118. The van der Waals surface area contributed by atoms with E-state index in [0.29, 0.717) is 0 Å². The van der Waals surface area contributed by atoms with E-state index in [4.69, 9.17) is 42.2 Å². The van der Waals surface area contributed by atoms with Crippen molar-refractivity contribution in [3.05, 3.63) is 0 Å². The van der Waals surface area contributed by atoms with Gasteiger partial charge in [-0.05, 0) is 0 Å². The Morgan fingerprint density at radius 2 is 0.714 bits per heavy atom. The van der Waals surface area contributed by atoms with Crippen LogP contribution >= 0.6 is 0 Å². The molecular weight excluding hydrogens is 291 g/mol. The minimum Gasteiger partial charge on any atom is -0.604 e. The van der Waals surface area contributed by atoms with Gasteiger partial charge >= 0.3 is 94.8 Å². The van der Waals surface area contributed by atoms with E-state index in [2.05, 4.69) is 0 Å². The van der Waals surface area contributed by atoms with Crippen LogP contribution in [0.4, 0.5) is 0 Å². The SMILES string of the molecule is O=[Si]([O-])O.O=[Si]([O-])O.O=[Si]([O-])O.[Ca+2].[Na+]. The standard InChI is InChI=1S/Ca.Na.3HO3Si/c;;3*1-4(2)3/h;;3*1H/q+2;+1;3*-1. The van der Waals surface area contributed by atoms with Crippen LogP contribution in [0.1, 0.15) is 0 Å². The Balaban J connectivity index is -0.0000000270. The van der Waals surface area contributed by atoms with E-state index in [9.17, 15) is 0 Å². The molecule has 0 heterocycles. The number of hydrogen-bond acceptors (Lipinski definition) is 6. The van der Waals surface area contributed by atoms with Crippen molar-refractivity contribution in [3.8, 4) is 0 Å². The van der Waals surface area contributed by atoms with E-state index in [1.807, 2.05) is 0 Å². The largest absolute Gasteiger partial charge is 2.00 e. The Morgan fingerprint density at radius 1 is 0.714 bits per heavy atom. The van der Waals surface area contributed by atoms with Crippen molar-refractivity contribution in [2.45, 2.75) is 0 Å². The summed E-state index contributed by atoms with van der Waals surface area (Å²) in [5.74, 6) is 0. The quantitative estimate of drug-likeness (QED) is 0.365. The number of rotatable bonds is 0. The molecule has 0 aliphatic rings. The summed E-state index contributed by atoms with van der Waals surface area (Å²) in [6, 6.07) is 0. The van der Waals surface area contributed by atoms with Gasteiger partial charge in [-0.2, -0.15) is 0 Å². The molecule has 72 valence electrons. The predicted molar refractivity (Wildman–Crippen MR) is 31.7 cm³/mol. The zero-order chi connectivity index (χ0) is 10.7. The van der Waals surface area contributed by atoms with Crippen LogP contribution < -0.4 is 43.9 Å². The molecule has 0 aliphatic carbocycles. The van der Waals surface area contributed by atoms with Gasteiger partial charge in [-0.3, -0.25) is 0 Å². The Morgan fingerprint density at radius 3 is 0.714 bits per heavy atom. The first-order valence-corrected chi connectivity index (χ1v) is 5.69. The molecule has 3 N–H and O–H groups in total. The van der Waals surface area contributed by atoms with Crippen molar-refractivity contribution >= 4 is 65.2 Å². The second kappa shape index (κ2) is 23.7. The molecule has 0 spiro atoms. The van der Waals surface area contributed by atoms with Gasteiger partial charge in [-0.25, -0.2) is 0 Å². The Labute approximate surface area is 135 Å². The van der Waals surface area contributed by atoms with E-state index in [0.717, 1.165) is 0 Å². The minimum absolute atomic E-state index is 0. The van der Waals surface area contributed by atoms with E-state index < -0.39 is 27.5 Å². The molecule has 0 radical (unpaired) electrons. The Hall–Kier alpha value is 1.11. The summed E-state index contributed by atoms with van der Waals surface area (Å²) in [6.07, 6.45) is 0. The molecule has 0 aromatic rings. The molecule has 0 aromatic carbocycles. The van der Waals surface area contributed by atoms with Gasteiger partial charge in [0.1, 0.15) is 0 Å². The molecule has 14 heavy (non-hydrogen) atoms. The van der Waals surface area contributed by atoms with E-state index >= 15 is 0 Å². The van der Waals surface area contributed by atoms with Gasteiger partial charge in [-0.1, -0.05) is 0 Å². The van der Waals surface area contributed by atoms with Gasteiger partial charge in [-0.15, -0.1) is 0 Å². The first kappa shape index (κ1) is 29.4. The molecule has 0 atom stereocenters. The van der Waals surface area contributed by atoms with Gasteiger partial charge in [0.2, 0.25) is 0 Å². The molecule has 0 saturated heterocycles. The maximum absolute atomic E-state index is 8.63.